The molecule has 0 radical (unpaired) electrons. The number of carbonyl (C=O) groups excluding carboxylic acids is 2. The number of nitrogens with zero attached hydrogens (tertiary/aromatic N) is 3. The van der Waals surface area contributed by atoms with Crippen LogP contribution < -0.4 is 5.32 Å². The number of halogens is 2. The smallest absolute Gasteiger partial charge is 0.253 e. The summed E-state index contributed by atoms with van der Waals surface area (Å²) < 4.78 is 27.6. The number of carbonyl (C=O) groups is 2. The van der Waals surface area contributed by atoms with E-state index in [1.54, 1.807) is 44.4 Å². The van der Waals surface area contributed by atoms with Gasteiger partial charge in [-0.2, -0.15) is 0 Å². The van der Waals surface area contributed by atoms with Gasteiger partial charge in [0.1, 0.15) is 11.4 Å². The monoisotopic (exact) mass is 564 g/mol. The first kappa shape index (κ1) is 27.6. The molecule has 0 aliphatic carbocycles. The number of aliphatic imine (C=N–C) groups is 1. The summed E-state index contributed by atoms with van der Waals surface area (Å²) in [5.41, 5.74) is 2.19. The summed E-state index contributed by atoms with van der Waals surface area (Å²) in [6.07, 6.45) is 1.34. The number of benzene rings is 2. The van der Waals surface area contributed by atoms with Crippen molar-refractivity contribution in [3.8, 4) is 0 Å². The molecule has 1 spiro atoms. The average molecular weight is 566 g/mol. The maximum Gasteiger partial charge on any atom is 0.253 e. The lowest BCUT2D eigenvalue weighted by atomic mass is 9.89. The van der Waals surface area contributed by atoms with Gasteiger partial charge in [0.05, 0.1) is 5.75 Å². The molecule has 4 rings (SSSR count). The van der Waals surface area contributed by atoms with Gasteiger partial charge in [-0.1, -0.05) is 35.3 Å². The maximum absolute atomic E-state index is 13.1. The fraction of sp³-hybridized carbons (Fsp3) is 0.423. The molecular formula is C26H30Cl2N4O4S. The molecule has 2 aliphatic rings. The number of rotatable bonds is 7. The summed E-state index contributed by atoms with van der Waals surface area (Å²) >= 11 is 12.2. The third-order valence-electron chi connectivity index (χ3n) is 6.97. The summed E-state index contributed by atoms with van der Waals surface area (Å²) in [5, 5.41) is 3.89. The van der Waals surface area contributed by atoms with E-state index in [2.05, 4.69) is 10.3 Å². The minimum Gasteiger partial charge on any atom is -0.345 e. The molecule has 2 aromatic carbocycles. The molecule has 11 heteroatoms. The van der Waals surface area contributed by atoms with Crippen LogP contribution >= 0.6 is 23.2 Å². The molecule has 8 nitrogen and oxygen atoms in total. The van der Waals surface area contributed by atoms with Crippen molar-refractivity contribution in [2.75, 3.05) is 32.9 Å². The van der Waals surface area contributed by atoms with E-state index in [0.717, 1.165) is 16.7 Å². The highest BCUT2D eigenvalue weighted by Crippen LogP contribution is 2.32. The number of hydrogen-bond acceptors (Lipinski definition) is 5. The number of hydrogen-bond donors (Lipinski definition) is 1. The zero-order chi connectivity index (χ0) is 27.0. The SMILES string of the molecule is Cc1cc(C(=O)N(C)C)ccc1CCS(=O)(=O)N1CCC2(CC1)N=C(Cc1ccc(Cl)cc1Cl)NC2=O. The van der Waals surface area contributed by atoms with Gasteiger partial charge in [-0.3, -0.25) is 14.6 Å². The minimum absolute atomic E-state index is 0.0441. The Bertz CT molecular complexity index is 1370. The van der Waals surface area contributed by atoms with Crippen molar-refractivity contribution in [1.29, 1.82) is 0 Å². The number of nitrogens with one attached hydrogen (secondary N) is 1. The number of sulfonamides is 1. The molecule has 2 amide bonds. The fourth-order valence-electron chi connectivity index (χ4n) is 4.72. The van der Waals surface area contributed by atoms with Crippen molar-refractivity contribution in [2.45, 2.75) is 38.1 Å². The normalized spacial score (nSPS) is 17.5. The first-order valence-corrected chi connectivity index (χ1v) is 14.4. The molecule has 1 saturated heterocycles. The Balaban J connectivity index is 1.38. The van der Waals surface area contributed by atoms with Gasteiger partial charge in [0.25, 0.3) is 11.8 Å². The van der Waals surface area contributed by atoms with Crippen LogP contribution in [0.15, 0.2) is 41.4 Å². The topological polar surface area (TPSA) is 99.2 Å². The second-order valence-electron chi connectivity index (χ2n) is 9.76. The molecule has 37 heavy (non-hydrogen) atoms. The van der Waals surface area contributed by atoms with Crippen molar-refractivity contribution in [1.82, 2.24) is 14.5 Å². The van der Waals surface area contributed by atoms with Crippen LogP contribution in [-0.4, -0.2) is 73.7 Å². The van der Waals surface area contributed by atoms with E-state index < -0.39 is 15.6 Å². The molecule has 2 heterocycles. The Morgan fingerprint density at radius 1 is 1.11 bits per heavy atom. The molecule has 1 fully saturated rings. The Hall–Kier alpha value is -2.46. The molecule has 0 unspecified atom stereocenters. The summed E-state index contributed by atoms with van der Waals surface area (Å²) in [5.74, 6) is 0.185. The van der Waals surface area contributed by atoms with Crippen LogP contribution in [-0.2, 0) is 27.7 Å². The van der Waals surface area contributed by atoms with Crippen LogP contribution in [0.3, 0.4) is 0 Å². The van der Waals surface area contributed by atoms with Gasteiger partial charge in [0, 0.05) is 49.2 Å². The molecule has 198 valence electrons. The molecule has 0 bridgehead atoms. The van der Waals surface area contributed by atoms with Crippen LogP contribution in [0.5, 0.6) is 0 Å². The van der Waals surface area contributed by atoms with Crippen molar-refractivity contribution in [2.24, 2.45) is 4.99 Å². The highest BCUT2D eigenvalue weighted by atomic mass is 35.5. The first-order valence-electron chi connectivity index (χ1n) is 12.0. The van der Waals surface area contributed by atoms with Crippen molar-refractivity contribution < 1.29 is 18.0 Å². The van der Waals surface area contributed by atoms with E-state index in [0.29, 0.717) is 47.1 Å². The lowest BCUT2D eigenvalue weighted by Crippen LogP contribution is -2.50. The van der Waals surface area contributed by atoms with Crippen LogP contribution in [0.2, 0.25) is 10.0 Å². The quantitative estimate of drug-likeness (QED) is 0.556. The molecule has 0 atom stereocenters. The maximum atomic E-state index is 13.1. The molecule has 0 aromatic heterocycles. The fourth-order valence-corrected chi connectivity index (χ4v) is 6.67. The number of aryl methyl sites for hydroxylation is 2. The van der Waals surface area contributed by atoms with E-state index >= 15 is 0 Å². The lowest BCUT2D eigenvalue weighted by molar-refractivity contribution is -0.124. The Morgan fingerprint density at radius 3 is 2.41 bits per heavy atom. The number of amidine groups is 1. The van der Waals surface area contributed by atoms with Gasteiger partial charge < -0.3 is 10.2 Å². The summed E-state index contributed by atoms with van der Waals surface area (Å²) in [6.45, 7) is 2.33. The second kappa shape index (κ2) is 10.7. The van der Waals surface area contributed by atoms with Crippen molar-refractivity contribution in [3.63, 3.8) is 0 Å². The van der Waals surface area contributed by atoms with E-state index in [9.17, 15) is 18.0 Å². The predicted molar refractivity (Wildman–Crippen MR) is 146 cm³/mol. The second-order valence-corrected chi connectivity index (χ2v) is 12.7. The van der Waals surface area contributed by atoms with E-state index in [1.807, 2.05) is 13.0 Å². The van der Waals surface area contributed by atoms with Crippen LogP contribution in [0, 0.1) is 6.92 Å². The van der Waals surface area contributed by atoms with Crippen LogP contribution in [0.25, 0.3) is 0 Å². The molecule has 1 N–H and O–H groups in total. The number of amides is 2. The molecule has 0 saturated carbocycles. The Morgan fingerprint density at radius 2 is 1.78 bits per heavy atom. The summed E-state index contributed by atoms with van der Waals surface area (Å²) in [7, 11) is -0.142. The van der Waals surface area contributed by atoms with Crippen LogP contribution in [0.1, 0.15) is 39.9 Å². The predicted octanol–water partition coefficient (Wildman–Crippen LogP) is 3.48. The average Bonchev–Trinajstić information content (AvgIpc) is 3.13. The van der Waals surface area contributed by atoms with Gasteiger partial charge in [-0.05, 0) is 67.1 Å². The number of piperidine rings is 1. The van der Waals surface area contributed by atoms with E-state index in [1.165, 1.54) is 9.21 Å². The third-order valence-corrected chi connectivity index (χ3v) is 9.43. The minimum atomic E-state index is -3.53. The highest BCUT2D eigenvalue weighted by molar-refractivity contribution is 7.89. The third kappa shape index (κ3) is 6.00. The Kier molecular flexibility index (Phi) is 7.99. The van der Waals surface area contributed by atoms with Gasteiger partial charge in [-0.15, -0.1) is 0 Å². The Labute approximate surface area is 227 Å². The van der Waals surface area contributed by atoms with E-state index in [-0.39, 0.29) is 30.7 Å². The van der Waals surface area contributed by atoms with Gasteiger partial charge in [0.2, 0.25) is 10.0 Å². The first-order chi connectivity index (χ1) is 17.4. The summed E-state index contributed by atoms with van der Waals surface area (Å²) in [4.78, 5) is 31.2. The molecule has 2 aliphatic heterocycles. The zero-order valence-electron chi connectivity index (χ0n) is 21.1. The van der Waals surface area contributed by atoms with Gasteiger partial charge >= 0.3 is 0 Å². The van der Waals surface area contributed by atoms with Crippen molar-refractivity contribution >= 4 is 50.9 Å². The lowest BCUT2D eigenvalue weighted by Gasteiger charge is -2.34. The molecule has 2 aromatic rings. The van der Waals surface area contributed by atoms with Crippen molar-refractivity contribution in [3.05, 3.63) is 68.7 Å². The van der Waals surface area contributed by atoms with Crippen LogP contribution in [0.4, 0.5) is 0 Å². The standard InChI is InChI=1S/C26H30Cl2N4O4S/c1-17-14-20(24(33)31(2)3)5-4-18(17)8-13-37(35,36)32-11-9-26(10-12-32)25(34)29-23(30-26)15-19-6-7-21(27)16-22(19)28/h4-7,14,16H,8-13,15H2,1-3H3,(H,29,30,34). The van der Waals surface area contributed by atoms with Gasteiger partial charge in [-0.25, -0.2) is 12.7 Å². The summed E-state index contributed by atoms with van der Waals surface area (Å²) in [6, 6.07) is 10.5. The van der Waals surface area contributed by atoms with Gasteiger partial charge in [0.15, 0.2) is 0 Å². The largest absolute Gasteiger partial charge is 0.345 e. The van der Waals surface area contributed by atoms with E-state index in [4.69, 9.17) is 23.2 Å². The molecular weight excluding hydrogens is 535 g/mol. The zero-order valence-corrected chi connectivity index (χ0v) is 23.4. The highest BCUT2D eigenvalue weighted by Gasteiger charge is 2.47.